The summed E-state index contributed by atoms with van der Waals surface area (Å²) < 4.78 is 5.55. The molecule has 0 aliphatic carbocycles. The highest BCUT2D eigenvalue weighted by molar-refractivity contribution is 7.97. The summed E-state index contributed by atoms with van der Waals surface area (Å²) in [5.74, 6) is 2.62. The number of amides is 1. The minimum Gasteiger partial charge on any atom is -0.455 e. The van der Waals surface area contributed by atoms with E-state index in [2.05, 4.69) is 5.32 Å². The SMILES string of the molecule is CC(C)NC(=O)c1ccc(CSCc2ccc(Cl)cc2)o1. The molecule has 21 heavy (non-hydrogen) atoms. The van der Waals surface area contributed by atoms with E-state index in [1.54, 1.807) is 17.8 Å². The van der Waals surface area contributed by atoms with Gasteiger partial charge in [-0.15, -0.1) is 11.8 Å². The Morgan fingerprint density at radius 2 is 1.90 bits per heavy atom. The molecule has 1 aromatic heterocycles. The van der Waals surface area contributed by atoms with E-state index in [1.165, 1.54) is 5.56 Å². The number of hydrogen-bond donors (Lipinski definition) is 1. The van der Waals surface area contributed by atoms with E-state index in [-0.39, 0.29) is 11.9 Å². The van der Waals surface area contributed by atoms with Crippen LogP contribution in [0, 0.1) is 0 Å². The van der Waals surface area contributed by atoms with Crippen molar-refractivity contribution in [2.75, 3.05) is 0 Å². The lowest BCUT2D eigenvalue weighted by molar-refractivity contribution is 0.0914. The summed E-state index contributed by atoms with van der Waals surface area (Å²) >= 11 is 7.59. The fourth-order valence-electron chi connectivity index (χ4n) is 1.76. The van der Waals surface area contributed by atoms with Crippen molar-refractivity contribution in [2.24, 2.45) is 0 Å². The van der Waals surface area contributed by atoms with Gasteiger partial charge < -0.3 is 9.73 Å². The standard InChI is InChI=1S/C16H18ClNO2S/c1-11(2)18-16(19)15-8-7-14(20-15)10-21-9-12-3-5-13(17)6-4-12/h3-8,11H,9-10H2,1-2H3,(H,18,19). The Labute approximate surface area is 134 Å². The first-order valence-corrected chi connectivity index (χ1v) is 8.29. The molecule has 0 fully saturated rings. The smallest absolute Gasteiger partial charge is 0.287 e. The maximum absolute atomic E-state index is 11.8. The monoisotopic (exact) mass is 323 g/mol. The van der Waals surface area contributed by atoms with Crippen molar-refractivity contribution < 1.29 is 9.21 Å². The van der Waals surface area contributed by atoms with Gasteiger partial charge in [-0.1, -0.05) is 23.7 Å². The number of furan rings is 1. The Hall–Kier alpha value is -1.39. The number of nitrogens with one attached hydrogen (secondary N) is 1. The molecule has 1 N–H and O–H groups in total. The number of hydrogen-bond acceptors (Lipinski definition) is 3. The highest BCUT2D eigenvalue weighted by Crippen LogP contribution is 2.20. The van der Waals surface area contributed by atoms with Crippen LogP contribution < -0.4 is 5.32 Å². The third-order valence-corrected chi connectivity index (χ3v) is 4.01. The molecule has 0 saturated carbocycles. The van der Waals surface area contributed by atoms with Gasteiger partial charge in [0.15, 0.2) is 5.76 Å². The topological polar surface area (TPSA) is 42.2 Å². The van der Waals surface area contributed by atoms with Gasteiger partial charge in [-0.3, -0.25) is 4.79 Å². The van der Waals surface area contributed by atoms with Gasteiger partial charge in [-0.25, -0.2) is 0 Å². The number of thioether (sulfide) groups is 1. The molecule has 0 atom stereocenters. The maximum Gasteiger partial charge on any atom is 0.287 e. The largest absolute Gasteiger partial charge is 0.455 e. The molecule has 0 unspecified atom stereocenters. The third-order valence-electron chi connectivity index (χ3n) is 2.73. The molecule has 1 amide bonds. The van der Waals surface area contributed by atoms with E-state index in [0.29, 0.717) is 5.76 Å². The summed E-state index contributed by atoms with van der Waals surface area (Å²) in [5, 5.41) is 3.55. The summed E-state index contributed by atoms with van der Waals surface area (Å²) in [7, 11) is 0. The van der Waals surface area contributed by atoms with Gasteiger partial charge in [-0.05, 0) is 43.7 Å². The summed E-state index contributed by atoms with van der Waals surface area (Å²) in [6.45, 7) is 3.84. The number of carbonyl (C=O) groups is 1. The van der Waals surface area contributed by atoms with E-state index in [1.807, 2.05) is 44.2 Å². The van der Waals surface area contributed by atoms with Crippen LogP contribution in [0.1, 0.15) is 35.7 Å². The van der Waals surface area contributed by atoms with E-state index in [4.69, 9.17) is 16.0 Å². The highest BCUT2D eigenvalue weighted by atomic mass is 35.5. The first-order chi connectivity index (χ1) is 10.0. The van der Waals surface area contributed by atoms with Crippen molar-refractivity contribution in [2.45, 2.75) is 31.4 Å². The second kappa shape index (κ2) is 7.57. The lowest BCUT2D eigenvalue weighted by atomic mass is 10.2. The zero-order chi connectivity index (χ0) is 15.2. The fourth-order valence-corrected chi connectivity index (χ4v) is 2.77. The molecule has 0 saturated heterocycles. The molecule has 112 valence electrons. The lowest BCUT2D eigenvalue weighted by Crippen LogP contribution is -2.29. The first-order valence-electron chi connectivity index (χ1n) is 6.76. The minimum absolute atomic E-state index is 0.102. The summed E-state index contributed by atoms with van der Waals surface area (Å²) in [4.78, 5) is 11.8. The summed E-state index contributed by atoms with van der Waals surface area (Å²) in [6, 6.07) is 11.5. The predicted molar refractivity (Wildman–Crippen MR) is 87.8 cm³/mol. The Morgan fingerprint density at radius 1 is 1.19 bits per heavy atom. The normalized spacial score (nSPS) is 10.9. The van der Waals surface area contributed by atoms with Gasteiger partial charge in [0, 0.05) is 16.8 Å². The van der Waals surface area contributed by atoms with E-state index in [9.17, 15) is 4.79 Å². The van der Waals surface area contributed by atoms with Crippen molar-refractivity contribution in [1.29, 1.82) is 0 Å². The van der Waals surface area contributed by atoms with Crippen LogP contribution in [0.4, 0.5) is 0 Å². The molecule has 3 nitrogen and oxygen atoms in total. The third kappa shape index (κ3) is 5.14. The van der Waals surface area contributed by atoms with Crippen LogP contribution in [-0.2, 0) is 11.5 Å². The van der Waals surface area contributed by atoms with Gasteiger partial charge in [0.25, 0.3) is 5.91 Å². The molecule has 2 rings (SSSR count). The van der Waals surface area contributed by atoms with Gasteiger partial charge in [-0.2, -0.15) is 0 Å². The van der Waals surface area contributed by atoms with Crippen LogP contribution >= 0.6 is 23.4 Å². The van der Waals surface area contributed by atoms with Crippen LogP contribution in [0.2, 0.25) is 5.02 Å². The molecular formula is C16H18ClNO2S. The average molecular weight is 324 g/mol. The van der Waals surface area contributed by atoms with Crippen LogP contribution in [0.3, 0.4) is 0 Å². The maximum atomic E-state index is 11.8. The van der Waals surface area contributed by atoms with Gasteiger partial charge in [0.1, 0.15) is 5.76 Å². The van der Waals surface area contributed by atoms with Crippen LogP contribution in [0.5, 0.6) is 0 Å². The van der Waals surface area contributed by atoms with E-state index < -0.39 is 0 Å². The highest BCUT2D eigenvalue weighted by Gasteiger charge is 2.11. The van der Waals surface area contributed by atoms with Crippen molar-refractivity contribution in [3.05, 3.63) is 58.5 Å². The Bertz CT molecular complexity index is 593. The van der Waals surface area contributed by atoms with Crippen molar-refractivity contribution in [1.82, 2.24) is 5.32 Å². The molecule has 1 aromatic carbocycles. The van der Waals surface area contributed by atoms with Crippen LogP contribution in [0.25, 0.3) is 0 Å². The second-order valence-electron chi connectivity index (χ2n) is 5.01. The summed E-state index contributed by atoms with van der Waals surface area (Å²) in [6.07, 6.45) is 0. The predicted octanol–water partition coefficient (Wildman–Crippen LogP) is 4.50. The Kier molecular flexibility index (Phi) is 5.76. The quantitative estimate of drug-likeness (QED) is 0.850. The number of halogens is 1. The first kappa shape index (κ1) is 16.0. The van der Waals surface area contributed by atoms with Crippen LogP contribution in [0.15, 0.2) is 40.8 Å². The molecule has 0 spiro atoms. The molecule has 5 heteroatoms. The number of carbonyl (C=O) groups excluding carboxylic acids is 1. The fraction of sp³-hybridized carbons (Fsp3) is 0.312. The van der Waals surface area contributed by atoms with E-state index >= 15 is 0 Å². The Morgan fingerprint density at radius 3 is 2.57 bits per heavy atom. The zero-order valence-electron chi connectivity index (χ0n) is 12.1. The number of rotatable bonds is 6. The van der Waals surface area contributed by atoms with Crippen LogP contribution in [-0.4, -0.2) is 11.9 Å². The van der Waals surface area contributed by atoms with Gasteiger partial charge in [0.05, 0.1) is 5.75 Å². The van der Waals surface area contributed by atoms with Crippen molar-refractivity contribution >= 4 is 29.3 Å². The van der Waals surface area contributed by atoms with Crippen molar-refractivity contribution in [3.63, 3.8) is 0 Å². The Balaban J connectivity index is 1.82. The molecule has 0 radical (unpaired) electrons. The van der Waals surface area contributed by atoms with Gasteiger partial charge in [0.2, 0.25) is 0 Å². The van der Waals surface area contributed by atoms with E-state index in [0.717, 1.165) is 22.3 Å². The molecule has 0 bridgehead atoms. The minimum atomic E-state index is -0.168. The molecular weight excluding hydrogens is 306 g/mol. The molecule has 0 aliphatic heterocycles. The number of benzene rings is 1. The summed E-state index contributed by atoms with van der Waals surface area (Å²) in [5.41, 5.74) is 1.22. The van der Waals surface area contributed by atoms with Gasteiger partial charge >= 0.3 is 0 Å². The molecule has 1 heterocycles. The lowest BCUT2D eigenvalue weighted by Gasteiger charge is -2.05. The van der Waals surface area contributed by atoms with Crippen molar-refractivity contribution in [3.8, 4) is 0 Å². The molecule has 2 aromatic rings. The molecule has 0 aliphatic rings. The second-order valence-corrected chi connectivity index (χ2v) is 6.44. The average Bonchev–Trinajstić information content (AvgIpc) is 2.89. The zero-order valence-corrected chi connectivity index (χ0v) is 13.6.